The van der Waals surface area contributed by atoms with Crippen molar-refractivity contribution in [1.29, 1.82) is 0 Å². The molecule has 2 aromatic rings. The maximum Gasteiger partial charge on any atom is 0.390 e. The molecule has 11 nitrogen and oxygen atoms in total. The summed E-state index contributed by atoms with van der Waals surface area (Å²) in [7, 11) is 0. The van der Waals surface area contributed by atoms with Gasteiger partial charge in [0.25, 0.3) is 11.6 Å². The molecule has 0 unspecified atom stereocenters. The third-order valence-electron chi connectivity index (χ3n) is 2.93. The van der Waals surface area contributed by atoms with Gasteiger partial charge in [-0.05, 0) is 11.8 Å². The number of carbonyl (C=O) groups is 1. The SMILES string of the molecule is Cc1cc([N+](=O)[O-])nn1CC(=O)N/N=C/c1cccc([N+](=O)[O-])c1. The van der Waals surface area contributed by atoms with Crippen LogP contribution >= 0.6 is 0 Å². The zero-order valence-corrected chi connectivity index (χ0v) is 12.4. The Balaban J connectivity index is 1.97. The van der Waals surface area contributed by atoms with Crippen LogP contribution in [0.3, 0.4) is 0 Å². The minimum absolute atomic E-state index is 0.0928. The first-order valence-electron chi connectivity index (χ1n) is 6.62. The van der Waals surface area contributed by atoms with Gasteiger partial charge in [0, 0.05) is 17.7 Å². The fourth-order valence-corrected chi connectivity index (χ4v) is 1.81. The Morgan fingerprint density at radius 3 is 2.71 bits per heavy atom. The topological polar surface area (TPSA) is 146 Å². The smallest absolute Gasteiger partial charge is 0.358 e. The summed E-state index contributed by atoms with van der Waals surface area (Å²) in [5, 5.41) is 28.6. The number of hydrazone groups is 1. The molecular weight excluding hydrogens is 320 g/mol. The fraction of sp³-hybridized carbons (Fsp3) is 0.154. The van der Waals surface area contributed by atoms with E-state index in [1.165, 1.54) is 35.2 Å². The lowest BCUT2D eigenvalue weighted by molar-refractivity contribution is -0.389. The zero-order chi connectivity index (χ0) is 17.7. The summed E-state index contributed by atoms with van der Waals surface area (Å²) in [5.41, 5.74) is 3.03. The third-order valence-corrected chi connectivity index (χ3v) is 2.93. The van der Waals surface area contributed by atoms with E-state index in [1.807, 2.05) is 0 Å². The van der Waals surface area contributed by atoms with Crippen LogP contribution in [0.1, 0.15) is 11.3 Å². The second-order valence-corrected chi connectivity index (χ2v) is 4.70. The molecule has 0 spiro atoms. The van der Waals surface area contributed by atoms with Crippen molar-refractivity contribution in [1.82, 2.24) is 15.2 Å². The molecule has 1 heterocycles. The number of nitrogens with zero attached hydrogens (tertiary/aromatic N) is 5. The first-order chi connectivity index (χ1) is 11.4. The van der Waals surface area contributed by atoms with Crippen molar-refractivity contribution >= 4 is 23.6 Å². The van der Waals surface area contributed by atoms with E-state index in [2.05, 4.69) is 15.6 Å². The summed E-state index contributed by atoms with van der Waals surface area (Å²) in [5.74, 6) is -0.891. The number of non-ortho nitro benzene ring substituents is 1. The van der Waals surface area contributed by atoms with Gasteiger partial charge in [-0.2, -0.15) is 9.78 Å². The predicted octanol–water partition coefficient (Wildman–Crippen LogP) is 1.16. The molecule has 0 atom stereocenters. The molecule has 0 aliphatic heterocycles. The predicted molar refractivity (Wildman–Crippen MR) is 82.5 cm³/mol. The number of rotatable bonds is 6. The molecular formula is C13H12N6O5. The summed E-state index contributed by atoms with van der Waals surface area (Å²) < 4.78 is 1.18. The second-order valence-electron chi connectivity index (χ2n) is 4.70. The Kier molecular flexibility index (Phi) is 4.94. The van der Waals surface area contributed by atoms with Crippen molar-refractivity contribution in [2.24, 2.45) is 5.10 Å². The highest BCUT2D eigenvalue weighted by atomic mass is 16.6. The molecule has 11 heteroatoms. The number of hydrogen-bond acceptors (Lipinski definition) is 7. The summed E-state index contributed by atoms with van der Waals surface area (Å²) in [4.78, 5) is 31.8. The number of hydrogen-bond donors (Lipinski definition) is 1. The number of nitro benzene ring substituents is 1. The first kappa shape index (κ1) is 16.7. The number of aromatic nitrogens is 2. The molecule has 0 radical (unpaired) electrons. The van der Waals surface area contributed by atoms with Crippen molar-refractivity contribution in [3.05, 3.63) is 61.8 Å². The number of nitrogens with one attached hydrogen (secondary N) is 1. The van der Waals surface area contributed by atoms with Gasteiger partial charge < -0.3 is 10.1 Å². The summed E-state index contributed by atoms with van der Waals surface area (Å²) in [6.45, 7) is 1.34. The van der Waals surface area contributed by atoms with E-state index in [9.17, 15) is 25.0 Å². The van der Waals surface area contributed by atoms with Crippen LogP contribution in [-0.4, -0.2) is 31.7 Å². The van der Waals surface area contributed by atoms with Gasteiger partial charge in [0.05, 0.1) is 28.0 Å². The monoisotopic (exact) mass is 332 g/mol. The Labute approximate surface area is 134 Å². The van der Waals surface area contributed by atoms with Crippen molar-refractivity contribution < 1.29 is 14.6 Å². The zero-order valence-electron chi connectivity index (χ0n) is 12.4. The number of benzene rings is 1. The van der Waals surface area contributed by atoms with Gasteiger partial charge in [-0.3, -0.25) is 14.9 Å². The van der Waals surface area contributed by atoms with Crippen molar-refractivity contribution in [2.75, 3.05) is 0 Å². The van der Waals surface area contributed by atoms with E-state index in [0.717, 1.165) is 0 Å². The van der Waals surface area contributed by atoms with Crippen LogP contribution in [-0.2, 0) is 11.3 Å². The van der Waals surface area contributed by atoms with E-state index in [1.54, 1.807) is 13.0 Å². The summed E-state index contributed by atoms with van der Waals surface area (Å²) in [6.07, 6.45) is 1.25. The van der Waals surface area contributed by atoms with Crippen LogP contribution in [0, 0.1) is 27.2 Å². The summed E-state index contributed by atoms with van der Waals surface area (Å²) in [6, 6.07) is 6.97. The van der Waals surface area contributed by atoms with Crippen LogP contribution in [0.5, 0.6) is 0 Å². The molecule has 1 N–H and O–H groups in total. The fourth-order valence-electron chi connectivity index (χ4n) is 1.81. The molecule has 24 heavy (non-hydrogen) atoms. The minimum atomic E-state index is -0.651. The van der Waals surface area contributed by atoms with Crippen molar-refractivity contribution in [3.8, 4) is 0 Å². The highest BCUT2D eigenvalue weighted by molar-refractivity contribution is 5.83. The normalized spacial score (nSPS) is 10.7. The van der Waals surface area contributed by atoms with E-state index in [0.29, 0.717) is 11.3 Å². The molecule has 2 rings (SSSR count). The highest BCUT2D eigenvalue weighted by Crippen LogP contribution is 2.12. The molecule has 1 aromatic carbocycles. The molecule has 1 aromatic heterocycles. The molecule has 124 valence electrons. The highest BCUT2D eigenvalue weighted by Gasteiger charge is 2.17. The van der Waals surface area contributed by atoms with E-state index in [-0.39, 0.29) is 18.1 Å². The first-order valence-corrected chi connectivity index (χ1v) is 6.62. The van der Waals surface area contributed by atoms with Crippen LogP contribution < -0.4 is 5.43 Å². The Morgan fingerprint density at radius 1 is 1.33 bits per heavy atom. The van der Waals surface area contributed by atoms with Gasteiger partial charge in [0.1, 0.15) is 6.54 Å². The Morgan fingerprint density at radius 2 is 2.08 bits per heavy atom. The molecule has 0 fully saturated rings. The molecule has 0 saturated carbocycles. The average molecular weight is 332 g/mol. The largest absolute Gasteiger partial charge is 0.390 e. The lowest BCUT2D eigenvalue weighted by atomic mass is 10.2. The van der Waals surface area contributed by atoms with E-state index in [4.69, 9.17) is 0 Å². The average Bonchev–Trinajstić information content (AvgIpc) is 2.89. The quantitative estimate of drug-likeness (QED) is 0.477. The van der Waals surface area contributed by atoms with Gasteiger partial charge in [-0.25, -0.2) is 5.43 Å². The lowest BCUT2D eigenvalue weighted by Crippen LogP contribution is -2.24. The Hall–Kier alpha value is -3.63. The van der Waals surface area contributed by atoms with Gasteiger partial charge >= 0.3 is 5.82 Å². The molecule has 0 bridgehead atoms. The number of nitro groups is 2. The van der Waals surface area contributed by atoms with E-state index < -0.39 is 15.8 Å². The molecule has 1 amide bonds. The van der Waals surface area contributed by atoms with Gasteiger partial charge in [0.15, 0.2) is 0 Å². The molecule has 0 aliphatic carbocycles. The molecule has 0 saturated heterocycles. The summed E-state index contributed by atoms with van der Waals surface area (Å²) >= 11 is 0. The van der Waals surface area contributed by atoms with Crippen molar-refractivity contribution in [2.45, 2.75) is 13.5 Å². The number of aryl methyl sites for hydroxylation is 1. The number of carbonyl (C=O) groups excluding carboxylic acids is 1. The molecule has 0 aliphatic rings. The Bertz CT molecular complexity index is 828. The van der Waals surface area contributed by atoms with Gasteiger partial charge in [0.2, 0.25) is 0 Å². The standard InChI is InChI=1S/C13H12N6O5/c1-9-5-12(19(23)24)16-17(9)8-13(20)15-14-7-10-3-2-4-11(6-10)18(21)22/h2-7H,8H2,1H3,(H,15,20)/b14-7+. The second kappa shape index (κ2) is 7.09. The third kappa shape index (κ3) is 4.19. The maximum atomic E-state index is 11.7. The maximum absolute atomic E-state index is 11.7. The van der Waals surface area contributed by atoms with E-state index >= 15 is 0 Å². The number of amides is 1. The van der Waals surface area contributed by atoms with Crippen LogP contribution in [0.15, 0.2) is 35.4 Å². The van der Waals surface area contributed by atoms with Crippen molar-refractivity contribution in [3.63, 3.8) is 0 Å². The van der Waals surface area contributed by atoms with Gasteiger partial charge in [-0.15, -0.1) is 0 Å². The van der Waals surface area contributed by atoms with Crippen LogP contribution in [0.4, 0.5) is 11.5 Å². The van der Waals surface area contributed by atoms with Crippen LogP contribution in [0.2, 0.25) is 0 Å². The van der Waals surface area contributed by atoms with Gasteiger partial charge in [-0.1, -0.05) is 12.1 Å². The lowest BCUT2D eigenvalue weighted by Gasteiger charge is -1.99. The minimum Gasteiger partial charge on any atom is -0.358 e. The van der Waals surface area contributed by atoms with Crippen LogP contribution in [0.25, 0.3) is 0 Å².